The van der Waals surface area contributed by atoms with Crippen LogP contribution in [0.4, 0.5) is 0 Å². The van der Waals surface area contributed by atoms with Crippen molar-refractivity contribution >= 4 is 0 Å². The van der Waals surface area contributed by atoms with Gasteiger partial charge in [0.05, 0.1) is 6.10 Å². The summed E-state index contributed by atoms with van der Waals surface area (Å²) in [5.41, 5.74) is 6.57. The first-order valence-corrected chi connectivity index (χ1v) is 7.35. The summed E-state index contributed by atoms with van der Waals surface area (Å²) >= 11 is 0. The summed E-state index contributed by atoms with van der Waals surface area (Å²) in [6, 6.07) is 0. The molecule has 1 unspecified atom stereocenters. The molecule has 1 aliphatic heterocycles. The van der Waals surface area contributed by atoms with Gasteiger partial charge in [-0.05, 0) is 38.6 Å². The molecule has 3 nitrogen and oxygen atoms in total. The molecule has 1 aliphatic carbocycles. The van der Waals surface area contributed by atoms with Gasteiger partial charge in [-0.1, -0.05) is 19.8 Å². The van der Waals surface area contributed by atoms with Crippen molar-refractivity contribution in [3.63, 3.8) is 0 Å². The summed E-state index contributed by atoms with van der Waals surface area (Å²) < 4.78 is 5.81. The number of hydrogen-bond acceptors (Lipinski definition) is 3. The van der Waals surface area contributed by atoms with Gasteiger partial charge in [0.1, 0.15) is 0 Å². The maximum atomic E-state index is 6.42. The average Bonchev–Trinajstić information content (AvgIpc) is 2.64. The third-order valence-electron chi connectivity index (χ3n) is 4.41. The zero-order chi connectivity index (χ0) is 12.1. The molecular weight excluding hydrogens is 212 g/mol. The second-order valence-corrected chi connectivity index (χ2v) is 5.87. The molecule has 2 N–H and O–H groups in total. The van der Waals surface area contributed by atoms with Crippen molar-refractivity contribution in [3.8, 4) is 0 Å². The summed E-state index contributed by atoms with van der Waals surface area (Å²) in [7, 11) is 0. The number of rotatable bonds is 4. The fraction of sp³-hybridized carbons (Fsp3) is 1.00. The molecule has 2 fully saturated rings. The second-order valence-electron chi connectivity index (χ2n) is 5.87. The molecule has 100 valence electrons. The van der Waals surface area contributed by atoms with Crippen molar-refractivity contribution in [1.82, 2.24) is 4.90 Å². The standard InChI is InChI=1S/C14H28N2O/c1-2-13-12-16(9-5-11-17-13)10-8-14(15)6-3-4-7-14/h13H,2-12,15H2,1H3. The zero-order valence-corrected chi connectivity index (χ0v) is 11.3. The molecule has 0 aromatic carbocycles. The van der Waals surface area contributed by atoms with E-state index in [0.29, 0.717) is 6.10 Å². The molecule has 1 heterocycles. The maximum absolute atomic E-state index is 6.42. The molecule has 2 aliphatic rings. The van der Waals surface area contributed by atoms with Crippen LogP contribution >= 0.6 is 0 Å². The first-order chi connectivity index (χ1) is 8.22. The Kier molecular flexibility index (Phi) is 4.83. The van der Waals surface area contributed by atoms with Gasteiger partial charge in [-0.25, -0.2) is 0 Å². The highest BCUT2D eigenvalue weighted by molar-refractivity contribution is 4.90. The fourth-order valence-corrected chi connectivity index (χ4v) is 3.13. The van der Waals surface area contributed by atoms with E-state index in [2.05, 4.69) is 11.8 Å². The van der Waals surface area contributed by atoms with Crippen molar-refractivity contribution < 1.29 is 4.74 Å². The second kappa shape index (κ2) is 6.17. The van der Waals surface area contributed by atoms with E-state index in [1.54, 1.807) is 0 Å². The van der Waals surface area contributed by atoms with Gasteiger partial charge in [-0.3, -0.25) is 0 Å². The zero-order valence-electron chi connectivity index (χ0n) is 11.3. The summed E-state index contributed by atoms with van der Waals surface area (Å²) in [4.78, 5) is 2.56. The Labute approximate surface area is 106 Å². The maximum Gasteiger partial charge on any atom is 0.0699 e. The molecule has 1 saturated carbocycles. The molecule has 17 heavy (non-hydrogen) atoms. The van der Waals surface area contributed by atoms with Gasteiger partial charge >= 0.3 is 0 Å². The lowest BCUT2D eigenvalue weighted by Crippen LogP contribution is -2.42. The van der Waals surface area contributed by atoms with Crippen LogP contribution < -0.4 is 5.73 Å². The van der Waals surface area contributed by atoms with E-state index in [4.69, 9.17) is 10.5 Å². The average molecular weight is 240 g/mol. The Bertz CT molecular complexity index is 226. The van der Waals surface area contributed by atoms with Crippen LogP contribution in [0, 0.1) is 0 Å². The van der Waals surface area contributed by atoms with E-state index in [1.165, 1.54) is 45.1 Å². The van der Waals surface area contributed by atoms with Gasteiger partial charge in [0.2, 0.25) is 0 Å². The van der Waals surface area contributed by atoms with E-state index in [9.17, 15) is 0 Å². The van der Waals surface area contributed by atoms with Crippen molar-refractivity contribution in [2.24, 2.45) is 5.73 Å². The van der Waals surface area contributed by atoms with Gasteiger partial charge in [0.15, 0.2) is 0 Å². The van der Waals surface area contributed by atoms with Crippen LogP contribution in [0.15, 0.2) is 0 Å². The van der Waals surface area contributed by atoms with E-state index < -0.39 is 0 Å². The van der Waals surface area contributed by atoms with Gasteiger partial charge in [0, 0.05) is 25.2 Å². The number of nitrogens with zero attached hydrogens (tertiary/aromatic N) is 1. The largest absolute Gasteiger partial charge is 0.377 e. The SMILES string of the molecule is CCC1CN(CCC2(N)CCCC2)CCCO1. The third-order valence-corrected chi connectivity index (χ3v) is 4.41. The molecule has 3 heteroatoms. The van der Waals surface area contributed by atoms with Crippen LogP contribution in [0.25, 0.3) is 0 Å². The van der Waals surface area contributed by atoms with Crippen LogP contribution in [0.5, 0.6) is 0 Å². The minimum Gasteiger partial charge on any atom is -0.377 e. The Morgan fingerprint density at radius 3 is 2.76 bits per heavy atom. The molecule has 0 amide bonds. The van der Waals surface area contributed by atoms with Gasteiger partial charge in [-0.15, -0.1) is 0 Å². The minimum atomic E-state index is 0.148. The minimum absolute atomic E-state index is 0.148. The predicted octanol–water partition coefficient (Wildman–Crippen LogP) is 2.15. The van der Waals surface area contributed by atoms with Gasteiger partial charge in [-0.2, -0.15) is 0 Å². The Hall–Kier alpha value is -0.120. The van der Waals surface area contributed by atoms with Crippen molar-refractivity contribution in [3.05, 3.63) is 0 Å². The normalized spacial score (nSPS) is 30.4. The van der Waals surface area contributed by atoms with Crippen LogP contribution in [0.2, 0.25) is 0 Å². The highest BCUT2D eigenvalue weighted by Gasteiger charge is 2.29. The number of ether oxygens (including phenoxy) is 1. The smallest absolute Gasteiger partial charge is 0.0699 e. The van der Waals surface area contributed by atoms with Crippen LogP contribution in [0.1, 0.15) is 51.9 Å². The molecule has 0 aromatic rings. The summed E-state index contributed by atoms with van der Waals surface area (Å²) in [6.45, 7) is 6.61. The predicted molar refractivity (Wildman–Crippen MR) is 71.1 cm³/mol. The molecular formula is C14H28N2O. The van der Waals surface area contributed by atoms with Gasteiger partial charge < -0.3 is 15.4 Å². The lowest BCUT2D eigenvalue weighted by molar-refractivity contribution is 0.0510. The molecule has 0 bridgehead atoms. The summed E-state index contributed by atoms with van der Waals surface area (Å²) in [6.07, 6.45) is 9.04. The molecule has 2 rings (SSSR count). The van der Waals surface area contributed by atoms with E-state index in [0.717, 1.165) is 26.1 Å². The first kappa shape index (κ1) is 13.3. The monoisotopic (exact) mass is 240 g/mol. The van der Waals surface area contributed by atoms with Crippen molar-refractivity contribution in [2.45, 2.75) is 63.5 Å². The van der Waals surface area contributed by atoms with Crippen molar-refractivity contribution in [1.29, 1.82) is 0 Å². The molecule has 0 spiro atoms. The molecule has 1 atom stereocenters. The Morgan fingerprint density at radius 2 is 2.06 bits per heavy atom. The Balaban J connectivity index is 1.77. The van der Waals surface area contributed by atoms with Crippen molar-refractivity contribution in [2.75, 3.05) is 26.2 Å². The summed E-state index contributed by atoms with van der Waals surface area (Å²) in [5, 5.41) is 0. The third kappa shape index (κ3) is 3.94. The number of hydrogen-bond donors (Lipinski definition) is 1. The number of nitrogens with two attached hydrogens (primary N) is 1. The molecule has 0 radical (unpaired) electrons. The first-order valence-electron chi connectivity index (χ1n) is 7.35. The highest BCUT2D eigenvalue weighted by atomic mass is 16.5. The van der Waals surface area contributed by atoms with Crippen LogP contribution in [0.3, 0.4) is 0 Å². The van der Waals surface area contributed by atoms with Gasteiger partial charge in [0.25, 0.3) is 0 Å². The molecule has 1 saturated heterocycles. The Morgan fingerprint density at radius 1 is 1.29 bits per heavy atom. The topological polar surface area (TPSA) is 38.5 Å². The van der Waals surface area contributed by atoms with Crippen LogP contribution in [-0.4, -0.2) is 42.8 Å². The quantitative estimate of drug-likeness (QED) is 0.818. The summed E-state index contributed by atoms with van der Waals surface area (Å²) in [5.74, 6) is 0. The lowest BCUT2D eigenvalue weighted by atomic mass is 9.94. The molecule has 0 aromatic heterocycles. The highest BCUT2D eigenvalue weighted by Crippen LogP contribution is 2.30. The van der Waals surface area contributed by atoms with E-state index in [-0.39, 0.29) is 5.54 Å². The van der Waals surface area contributed by atoms with E-state index >= 15 is 0 Å². The lowest BCUT2D eigenvalue weighted by Gasteiger charge is -2.29. The van der Waals surface area contributed by atoms with Crippen LogP contribution in [-0.2, 0) is 4.74 Å². The van der Waals surface area contributed by atoms with E-state index in [1.807, 2.05) is 0 Å². The fourth-order valence-electron chi connectivity index (χ4n) is 3.13.